The maximum absolute atomic E-state index is 13.8. The molecule has 280 valence electrons. The van der Waals surface area contributed by atoms with Crippen LogP contribution in [0.2, 0.25) is 0 Å². The second-order valence-electron chi connectivity index (χ2n) is 13.9. The Morgan fingerprint density at radius 3 is 1.96 bits per heavy atom. The molecule has 4 atom stereocenters. The Labute approximate surface area is 292 Å². The normalized spacial score (nSPS) is 25.6. The van der Waals surface area contributed by atoms with Crippen LogP contribution >= 0.6 is 0 Å². The van der Waals surface area contributed by atoms with E-state index >= 15 is 0 Å². The van der Waals surface area contributed by atoms with Crippen LogP contribution in [0.4, 0.5) is 37.1 Å². The molecule has 16 heteroatoms. The Kier molecular flexibility index (Phi) is 11.7. The number of halogens is 6. The van der Waals surface area contributed by atoms with Crippen LogP contribution in [-0.2, 0) is 28.4 Å². The highest BCUT2D eigenvalue weighted by Gasteiger charge is 2.42. The van der Waals surface area contributed by atoms with Crippen molar-refractivity contribution in [3.05, 3.63) is 52.8 Å². The number of carbonyl (C=O) groups excluding carboxylic acids is 1. The van der Waals surface area contributed by atoms with Gasteiger partial charge in [0.1, 0.15) is 0 Å². The molecule has 3 aliphatic rings. The van der Waals surface area contributed by atoms with Crippen LogP contribution in [0.3, 0.4) is 0 Å². The van der Waals surface area contributed by atoms with E-state index in [0.29, 0.717) is 57.9 Å². The fourth-order valence-electron chi connectivity index (χ4n) is 7.47. The number of amides is 1. The molecule has 51 heavy (non-hydrogen) atoms. The van der Waals surface area contributed by atoms with Crippen molar-refractivity contribution in [2.45, 2.75) is 108 Å². The van der Waals surface area contributed by atoms with Gasteiger partial charge in [-0.3, -0.25) is 9.80 Å². The van der Waals surface area contributed by atoms with E-state index in [4.69, 9.17) is 4.74 Å². The summed E-state index contributed by atoms with van der Waals surface area (Å²) in [4.78, 5) is 37.4. The molecule has 0 bridgehead atoms. The predicted molar refractivity (Wildman–Crippen MR) is 176 cm³/mol. The first-order valence-corrected chi connectivity index (χ1v) is 17.4. The van der Waals surface area contributed by atoms with Gasteiger partial charge in [0.05, 0.1) is 23.7 Å². The van der Waals surface area contributed by atoms with Crippen LogP contribution in [0.5, 0.6) is 0 Å². The zero-order chi connectivity index (χ0) is 37.1. The molecule has 1 saturated heterocycles. The molecule has 1 aliphatic carbocycles. The molecule has 2 unspecified atom stereocenters. The minimum atomic E-state index is -5.00. The third kappa shape index (κ3) is 9.23. The molecule has 3 heterocycles. The van der Waals surface area contributed by atoms with E-state index in [1.165, 1.54) is 0 Å². The molecule has 0 radical (unpaired) electrons. The molecule has 2 aliphatic heterocycles. The second-order valence-corrected chi connectivity index (χ2v) is 13.9. The molecule has 1 aromatic heterocycles. The number of carboxylic acids is 1. The van der Waals surface area contributed by atoms with Crippen LogP contribution in [0.15, 0.2) is 35.7 Å². The first-order chi connectivity index (χ1) is 24.1. The van der Waals surface area contributed by atoms with Crippen LogP contribution in [0.1, 0.15) is 93.4 Å². The molecule has 10 nitrogen and oxygen atoms in total. The number of hydrogen-bond acceptors (Lipinski definition) is 8. The lowest BCUT2D eigenvalue weighted by Gasteiger charge is -2.47. The van der Waals surface area contributed by atoms with E-state index in [1.807, 2.05) is 20.9 Å². The van der Waals surface area contributed by atoms with Gasteiger partial charge in [0.25, 0.3) is 0 Å². The van der Waals surface area contributed by atoms with Gasteiger partial charge < -0.3 is 19.6 Å². The van der Waals surface area contributed by atoms with Gasteiger partial charge >= 0.3 is 24.4 Å². The van der Waals surface area contributed by atoms with Crippen molar-refractivity contribution in [2.24, 2.45) is 16.9 Å². The van der Waals surface area contributed by atoms with Crippen molar-refractivity contribution in [3.63, 3.8) is 0 Å². The van der Waals surface area contributed by atoms with Crippen molar-refractivity contribution >= 4 is 24.2 Å². The van der Waals surface area contributed by atoms with Gasteiger partial charge in [-0.1, -0.05) is 13.8 Å². The highest BCUT2D eigenvalue weighted by atomic mass is 19.4. The van der Waals surface area contributed by atoms with Gasteiger partial charge in [0.2, 0.25) is 5.95 Å². The predicted octanol–water partition coefficient (Wildman–Crippen LogP) is 7.58. The van der Waals surface area contributed by atoms with Gasteiger partial charge in [0, 0.05) is 62.8 Å². The number of nitrogens with zero attached hydrogens (tertiary/aromatic N) is 6. The van der Waals surface area contributed by atoms with Crippen molar-refractivity contribution in [1.29, 1.82) is 0 Å². The summed E-state index contributed by atoms with van der Waals surface area (Å²) in [6, 6.07) is 0.441. The van der Waals surface area contributed by atoms with Gasteiger partial charge in [-0.15, -0.1) is 0 Å². The number of likely N-dealkylation sites (tertiary alicyclic amines) is 1. The number of piperidine rings is 1. The van der Waals surface area contributed by atoms with Gasteiger partial charge in [-0.2, -0.15) is 31.4 Å². The lowest BCUT2D eigenvalue weighted by Crippen LogP contribution is -2.57. The number of ether oxygens (including phenoxy) is 1. The highest BCUT2D eigenvalue weighted by Crippen LogP contribution is 2.39. The Bertz CT molecular complexity index is 1500. The molecular weight excluding hydrogens is 682 g/mol. The third-order valence-corrected chi connectivity index (χ3v) is 10.4. The van der Waals surface area contributed by atoms with Gasteiger partial charge in [-0.25, -0.2) is 14.8 Å². The van der Waals surface area contributed by atoms with Gasteiger partial charge in [0.15, 0.2) is 0 Å². The lowest BCUT2D eigenvalue weighted by molar-refractivity contribution is -0.144. The molecule has 0 spiro atoms. The van der Waals surface area contributed by atoms with E-state index in [0.717, 1.165) is 17.7 Å². The van der Waals surface area contributed by atoms with Crippen molar-refractivity contribution in [2.75, 3.05) is 25.1 Å². The number of carbonyl (C=O) groups is 2. The first kappa shape index (κ1) is 38.1. The van der Waals surface area contributed by atoms with E-state index < -0.39 is 41.6 Å². The molecule has 2 fully saturated rings. The van der Waals surface area contributed by atoms with Crippen molar-refractivity contribution < 1.29 is 45.8 Å². The van der Waals surface area contributed by atoms with Crippen LogP contribution in [0, 0.1) is 11.8 Å². The number of likely N-dealkylation sites (N-methyl/N-ethyl adjacent to an activating group) is 1. The summed E-state index contributed by atoms with van der Waals surface area (Å²) >= 11 is 0. The first-order valence-electron chi connectivity index (χ1n) is 17.4. The minimum absolute atomic E-state index is 0.0582. The topological polar surface area (TPSA) is 111 Å². The quantitative estimate of drug-likeness (QED) is 0.250. The molecular formula is C35H44F6N6O4. The minimum Gasteiger partial charge on any atom is -0.481 e. The molecule has 2 aromatic rings. The van der Waals surface area contributed by atoms with E-state index in [1.54, 1.807) is 33.4 Å². The van der Waals surface area contributed by atoms with Crippen LogP contribution in [0.25, 0.3) is 0 Å². The highest BCUT2D eigenvalue weighted by molar-refractivity contribution is 5.70. The zero-order valence-electron chi connectivity index (χ0n) is 28.8. The average molecular weight is 727 g/mol. The molecule has 1 N–H and O–H groups in total. The molecule has 5 rings (SSSR count). The van der Waals surface area contributed by atoms with Gasteiger partial charge in [-0.05, 0) is 86.6 Å². The number of anilines is 1. The second kappa shape index (κ2) is 15.6. The smallest absolute Gasteiger partial charge is 0.416 e. The maximum atomic E-state index is 13.8. The number of hydrazone groups is 1. The van der Waals surface area contributed by atoms with E-state index in [2.05, 4.69) is 15.1 Å². The van der Waals surface area contributed by atoms with Crippen LogP contribution < -0.4 is 4.90 Å². The maximum Gasteiger partial charge on any atom is 0.416 e. The molecule has 1 amide bonds. The number of aromatic nitrogens is 2. The van der Waals surface area contributed by atoms with Crippen LogP contribution in [-0.4, -0.2) is 81.6 Å². The van der Waals surface area contributed by atoms with Crippen molar-refractivity contribution in [1.82, 2.24) is 19.9 Å². The standard InChI is InChI=1S/C35H44F6N6O4/c1-4-28-13-30(14-29(5-2)47(28)33(50)51-20-21-6-8-23(9-7-21)31(48)49)46(32-42-15-24(16-43-32)25-17-44-45(3)19-25)18-22-10-26(34(36,37)38)12-27(11-22)35(39,40)41/h10-12,15-17,21,23,25,28-30H,4-9,13-14,18-20H2,1-3H3,(H,48,49)/t21?,23?,25?,28-,29+,30?. The number of aliphatic carboxylic acids is 1. The van der Waals surface area contributed by atoms with E-state index in [-0.39, 0.29) is 60.6 Å². The lowest BCUT2D eigenvalue weighted by atomic mass is 9.82. The average Bonchev–Trinajstić information content (AvgIpc) is 3.54. The summed E-state index contributed by atoms with van der Waals surface area (Å²) in [6.45, 7) is 4.26. The summed E-state index contributed by atoms with van der Waals surface area (Å²) in [5.74, 6) is -1.07. The summed E-state index contributed by atoms with van der Waals surface area (Å²) in [6.07, 6.45) is -1.46. The Balaban J connectivity index is 1.41. The SMILES string of the molecule is CC[C@@H]1CC(N(Cc2cc(C(F)(F)F)cc(C(F)(F)F)c2)c2ncc(C3C=NN(C)C3)cn2)C[C@H](CC)N1C(=O)OCC1CCC(C(=O)O)CC1. The number of benzene rings is 1. The Morgan fingerprint density at radius 1 is 0.922 bits per heavy atom. The number of rotatable bonds is 10. The number of hydrogen-bond donors (Lipinski definition) is 1. The number of alkyl halides is 6. The summed E-state index contributed by atoms with van der Waals surface area (Å²) in [7, 11) is 1.82. The molecule has 1 saturated carbocycles. The summed E-state index contributed by atoms with van der Waals surface area (Å²) in [5, 5.41) is 15.3. The Morgan fingerprint density at radius 2 is 1.49 bits per heavy atom. The monoisotopic (exact) mass is 726 g/mol. The van der Waals surface area contributed by atoms with E-state index in [9.17, 15) is 41.0 Å². The zero-order valence-corrected chi connectivity index (χ0v) is 28.8. The fourth-order valence-corrected chi connectivity index (χ4v) is 7.47. The Hall–Kier alpha value is -4.11. The largest absolute Gasteiger partial charge is 0.481 e. The number of carboxylic acid groups (broad SMARTS) is 1. The molecule has 1 aromatic carbocycles. The fraction of sp³-hybridized carbons (Fsp3) is 0.629. The van der Waals surface area contributed by atoms with Crippen molar-refractivity contribution in [3.8, 4) is 0 Å². The third-order valence-electron chi connectivity index (χ3n) is 10.4. The summed E-state index contributed by atoms with van der Waals surface area (Å²) in [5.41, 5.74) is -2.24. The summed E-state index contributed by atoms with van der Waals surface area (Å²) < 4.78 is 88.7.